The first-order valence-corrected chi connectivity index (χ1v) is 10.1. The summed E-state index contributed by atoms with van der Waals surface area (Å²) in [7, 11) is 0. The molecule has 3 rings (SSSR count). The molecule has 8 heteroatoms. The quantitative estimate of drug-likeness (QED) is 0.349. The van der Waals surface area contributed by atoms with Crippen LogP contribution in [-0.2, 0) is 11.2 Å². The van der Waals surface area contributed by atoms with Gasteiger partial charge in [0.25, 0.3) is 0 Å². The summed E-state index contributed by atoms with van der Waals surface area (Å²) >= 11 is 0. The molecule has 0 radical (unpaired) electrons. The van der Waals surface area contributed by atoms with Crippen molar-refractivity contribution < 1.29 is 13.9 Å². The Morgan fingerprint density at radius 1 is 1.28 bits per heavy atom. The second-order valence-corrected chi connectivity index (χ2v) is 6.87. The molecule has 1 aromatic carbocycles. The molecule has 2 aromatic rings. The van der Waals surface area contributed by atoms with Crippen LogP contribution in [0.4, 0.5) is 4.79 Å². The number of nitrogens with zero attached hydrogens (tertiary/aromatic N) is 2. The zero-order valence-corrected chi connectivity index (χ0v) is 19.5. The summed E-state index contributed by atoms with van der Waals surface area (Å²) in [5.74, 6) is 1.76. The number of halogens is 1. The highest BCUT2D eigenvalue weighted by Gasteiger charge is 2.24. The monoisotopic (exact) mass is 514 g/mol. The van der Waals surface area contributed by atoms with Crippen LogP contribution in [0.1, 0.15) is 32.4 Å². The van der Waals surface area contributed by atoms with Gasteiger partial charge in [0.15, 0.2) is 5.96 Å². The number of rotatable bonds is 6. The molecule has 0 unspecified atom stereocenters. The fraction of sp³-hybridized carbons (Fsp3) is 0.524. The number of amides is 1. The Morgan fingerprint density at radius 3 is 2.72 bits per heavy atom. The maximum atomic E-state index is 11.8. The van der Waals surface area contributed by atoms with Crippen LogP contribution in [0.5, 0.6) is 0 Å². The van der Waals surface area contributed by atoms with Gasteiger partial charge in [-0.25, -0.2) is 4.79 Å². The number of carbonyl (C=O) groups is 1. The number of hydrogen-bond donors (Lipinski definition) is 2. The molecule has 1 fully saturated rings. The van der Waals surface area contributed by atoms with E-state index in [0.29, 0.717) is 32.3 Å². The maximum absolute atomic E-state index is 11.8. The third-order valence-corrected chi connectivity index (χ3v) is 4.81. The lowest BCUT2D eigenvalue weighted by Gasteiger charge is -2.32. The topological polar surface area (TPSA) is 79.1 Å². The van der Waals surface area contributed by atoms with Crippen molar-refractivity contribution in [1.29, 1.82) is 0 Å². The van der Waals surface area contributed by atoms with Crippen molar-refractivity contribution in [1.82, 2.24) is 15.5 Å². The van der Waals surface area contributed by atoms with Crippen LogP contribution in [0.25, 0.3) is 11.0 Å². The summed E-state index contributed by atoms with van der Waals surface area (Å²) < 4.78 is 10.9. The zero-order chi connectivity index (χ0) is 19.8. The molecule has 1 aromatic heterocycles. The summed E-state index contributed by atoms with van der Waals surface area (Å²) in [6, 6.07) is 10.4. The van der Waals surface area contributed by atoms with Gasteiger partial charge in [0.1, 0.15) is 11.3 Å². The van der Waals surface area contributed by atoms with Gasteiger partial charge in [-0.05, 0) is 38.8 Å². The molecule has 1 aliphatic rings. The summed E-state index contributed by atoms with van der Waals surface area (Å²) in [5, 5.41) is 7.92. The SMILES string of the molecule is CCNC(=NCCc1cc2ccccc2o1)NC1CCN(C(=O)OCC)CC1.I. The minimum absolute atomic E-state index is 0. The number of piperidine rings is 1. The lowest BCUT2D eigenvalue weighted by Crippen LogP contribution is -2.50. The number of aliphatic imine (C=N–C) groups is 1. The average molecular weight is 514 g/mol. The van der Waals surface area contributed by atoms with Crippen LogP contribution < -0.4 is 10.6 Å². The van der Waals surface area contributed by atoms with Crippen molar-refractivity contribution >= 4 is 47.0 Å². The Morgan fingerprint density at radius 2 is 2.03 bits per heavy atom. The van der Waals surface area contributed by atoms with Crippen LogP contribution in [-0.4, -0.2) is 55.8 Å². The first-order chi connectivity index (χ1) is 13.7. The smallest absolute Gasteiger partial charge is 0.409 e. The molecular formula is C21H31IN4O3. The Bertz CT molecular complexity index is 767. The summed E-state index contributed by atoms with van der Waals surface area (Å²) in [6.45, 7) is 7.16. The van der Waals surface area contributed by atoms with Gasteiger partial charge in [-0.3, -0.25) is 4.99 Å². The molecule has 1 aliphatic heterocycles. The number of guanidine groups is 1. The number of ether oxygens (including phenoxy) is 1. The predicted molar refractivity (Wildman–Crippen MR) is 126 cm³/mol. The number of furan rings is 1. The fourth-order valence-corrected chi connectivity index (χ4v) is 3.37. The minimum atomic E-state index is -0.215. The van der Waals surface area contributed by atoms with Crippen molar-refractivity contribution in [3.63, 3.8) is 0 Å². The van der Waals surface area contributed by atoms with Crippen LogP contribution in [0, 0.1) is 0 Å². The van der Waals surface area contributed by atoms with Crippen LogP contribution >= 0.6 is 24.0 Å². The lowest BCUT2D eigenvalue weighted by atomic mass is 10.1. The van der Waals surface area contributed by atoms with E-state index in [1.54, 1.807) is 4.90 Å². The first kappa shape index (κ1) is 23.3. The van der Waals surface area contributed by atoms with Gasteiger partial charge >= 0.3 is 6.09 Å². The van der Waals surface area contributed by atoms with Gasteiger partial charge in [-0.15, -0.1) is 24.0 Å². The normalized spacial score (nSPS) is 15.1. The predicted octanol–water partition coefficient (Wildman–Crippen LogP) is 3.77. The molecule has 0 aliphatic carbocycles. The molecule has 2 heterocycles. The molecular weight excluding hydrogens is 483 g/mol. The summed E-state index contributed by atoms with van der Waals surface area (Å²) in [5.41, 5.74) is 0.917. The molecule has 0 spiro atoms. The average Bonchev–Trinajstić information content (AvgIpc) is 3.11. The standard InChI is InChI=1S/C21H30N4O3.HI/c1-3-22-20(24-17-10-13-25(14-11-17)21(26)27-4-2)23-12-9-18-15-16-7-5-6-8-19(16)28-18;/h5-8,15,17H,3-4,9-14H2,1-2H3,(H2,22,23,24);1H. The molecule has 2 N–H and O–H groups in total. The number of likely N-dealkylation sites (tertiary alicyclic amines) is 1. The summed E-state index contributed by atoms with van der Waals surface area (Å²) in [4.78, 5) is 18.3. The molecule has 0 atom stereocenters. The van der Waals surface area contributed by atoms with E-state index in [-0.39, 0.29) is 30.1 Å². The number of fused-ring (bicyclic) bond motifs is 1. The van der Waals surface area contributed by atoms with E-state index in [0.717, 1.165) is 48.5 Å². The van der Waals surface area contributed by atoms with E-state index in [1.807, 2.05) is 25.1 Å². The van der Waals surface area contributed by atoms with E-state index < -0.39 is 0 Å². The molecule has 0 bridgehead atoms. The Balaban J connectivity index is 0.00000300. The van der Waals surface area contributed by atoms with Crippen molar-refractivity contribution in [3.8, 4) is 0 Å². The van der Waals surface area contributed by atoms with Crippen LogP contribution in [0.3, 0.4) is 0 Å². The summed E-state index contributed by atoms with van der Waals surface area (Å²) in [6.07, 6.45) is 2.30. The van der Waals surface area contributed by atoms with E-state index in [9.17, 15) is 4.79 Å². The van der Waals surface area contributed by atoms with Crippen molar-refractivity contribution in [2.75, 3.05) is 32.8 Å². The van der Waals surface area contributed by atoms with Crippen molar-refractivity contribution in [2.24, 2.45) is 4.99 Å². The third-order valence-electron chi connectivity index (χ3n) is 4.81. The third kappa shape index (κ3) is 6.80. The zero-order valence-electron chi connectivity index (χ0n) is 17.1. The molecule has 1 amide bonds. The Labute approximate surface area is 189 Å². The van der Waals surface area contributed by atoms with Crippen molar-refractivity contribution in [3.05, 3.63) is 36.1 Å². The van der Waals surface area contributed by atoms with Gasteiger partial charge in [0.2, 0.25) is 0 Å². The molecule has 1 saturated heterocycles. The number of hydrogen-bond acceptors (Lipinski definition) is 4. The fourth-order valence-electron chi connectivity index (χ4n) is 3.37. The van der Waals surface area contributed by atoms with E-state index in [4.69, 9.17) is 9.15 Å². The van der Waals surface area contributed by atoms with Gasteiger partial charge < -0.3 is 24.7 Å². The first-order valence-electron chi connectivity index (χ1n) is 10.1. The largest absolute Gasteiger partial charge is 0.461 e. The second-order valence-electron chi connectivity index (χ2n) is 6.87. The molecule has 160 valence electrons. The molecule has 0 saturated carbocycles. The molecule has 7 nitrogen and oxygen atoms in total. The lowest BCUT2D eigenvalue weighted by molar-refractivity contribution is 0.0963. The second kappa shape index (κ2) is 11.9. The minimum Gasteiger partial charge on any atom is -0.461 e. The highest BCUT2D eigenvalue weighted by molar-refractivity contribution is 14.0. The van der Waals surface area contributed by atoms with Gasteiger partial charge in [-0.2, -0.15) is 0 Å². The number of benzene rings is 1. The highest BCUT2D eigenvalue weighted by atomic mass is 127. The highest BCUT2D eigenvalue weighted by Crippen LogP contribution is 2.19. The van der Waals surface area contributed by atoms with Gasteiger partial charge in [0, 0.05) is 44.0 Å². The maximum Gasteiger partial charge on any atom is 0.409 e. The van der Waals surface area contributed by atoms with Gasteiger partial charge in [-0.1, -0.05) is 18.2 Å². The van der Waals surface area contributed by atoms with E-state index in [1.165, 1.54) is 0 Å². The Hall–Kier alpha value is -1.97. The number of nitrogens with one attached hydrogen (secondary N) is 2. The Kier molecular flexibility index (Phi) is 9.56. The van der Waals surface area contributed by atoms with Gasteiger partial charge in [0.05, 0.1) is 6.61 Å². The van der Waals surface area contributed by atoms with Crippen molar-refractivity contribution in [2.45, 2.75) is 39.2 Å². The van der Waals surface area contributed by atoms with Crippen LogP contribution in [0.2, 0.25) is 0 Å². The van der Waals surface area contributed by atoms with E-state index in [2.05, 4.69) is 34.7 Å². The molecule has 29 heavy (non-hydrogen) atoms. The number of para-hydroxylation sites is 1. The van der Waals surface area contributed by atoms with E-state index >= 15 is 0 Å². The van der Waals surface area contributed by atoms with Crippen LogP contribution in [0.15, 0.2) is 39.7 Å². The number of carbonyl (C=O) groups excluding carboxylic acids is 1.